The van der Waals surface area contributed by atoms with E-state index in [0.717, 1.165) is 19.3 Å². The van der Waals surface area contributed by atoms with Crippen LogP contribution in [0.3, 0.4) is 0 Å². The van der Waals surface area contributed by atoms with Gasteiger partial charge in [0.1, 0.15) is 11.2 Å². The molecule has 1 N–H and O–H groups in total. The maximum Gasteiger partial charge on any atom is 0.270 e. The highest BCUT2D eigenvalue weighted by molar-refractivity contribution is 5.93. The minimum Gasteiger partial charge on any atom is -0.349 e. The molecule has 0 saturated heterocycles. The van der Waals surface area contributed by atoms with Crippen LogP contribution in [0, 0.1) is 5.41 Å². The summed E-state index contributed by atoms with van der Waals surface area (Å²) < 4.78 is 1.40. The molecule has 21 heavy (non-hydrogen) atoms. The highest BCUT2D eigenvalue weighted by Gasteiger charge is 2.32. The molecule has 0 spiro atoms. The third-order valence-corrected chi connectivity index (χ3v) is 4.16. The highest BCUT2D eigenvalue weighted by Crippen LogP contribution is 2.36. The Labute approximate surface area is 123 Å². The van der Waals surface area contributed by atoms with Crippen LogP contribution in [0.15, 0.2) is 35.4 Å². The van der Waals surface area contributed by atoms with Crippen LogP contribution in [0.1, 0.15) is 43.5 Å². The number of hydrogen-bond donors (Lipinski definition) is 1. The Hall–Kier alpha value is -2.17. The molecule has 1 atom stereocenters. The molecule has 5 heteroatoms. The SMILES string of the molecule is CC1(C)CCC(NC(=O)c2cnc3ccccn3c2=O)C1. The topological polar surface area (TPSA) is 63.5 Å². The van der Waals surface area contributed by atoms with E-state index in [2.05, 4.69) is 24.1 Å². The summed E-state index contributed by atoms with van der Waals surface area (Å²) in [6, 6.07) is 5.44. The molecule has 2 heterocycles. The lowest BCUT2D eigenvalue weighted by Crippen LogP contribution is -2.37. The van der Waals surface area contributed by atoms with Gasteiger partial charge in [-0.2, -0.15) is 0 Å². The van der Waals surface area contributed by atoms with Gasteiger partial charge in [0.25, 0.3) is 11.5 Å². The monoisotopic (exact) mass is 285 g/mol. The molecule has 0 radical (unpaired) electrons. The van der Waals surface area contributed by atoms with Crippen molar-refractivity contribution in [1.29, 1.82) is 0 Å². The lowest BCUT2D eigenvalue weighted by molar-refractivity contribution is 0.0934. The molecule has 0 aromatic carbocycles. The lowest BCUT2D eigenvalue weighted by Gasteiger charge is -2.17. The van der Waals surface area contributed by atoms with Crippen molar-refractivity contribution in [2.45, 2.75) is 39.2 Å². The van der Waals surface area contributed by atoms with E-state index in [1.807, 2.05) is 6.07 Å². The van der Waals surface area contributed by atoms with E-state index in [0.29, 0.717) is 5.65 Å². The lowest BCUT2D eigenvalue weighted by atomic mass is 9.92. The molecule has 1 unspecified atom stereocenters. The molecule has 1 aliphatic rings. The van der Waals surface area contributed by atoms with Crippen LogP contribution in [0.4, 0.5) is 0 Å². The first-order valence-electron chi connectivity index (χ1n) is 7.24. The second kappa shape index (κ2) is 4.98. The van der Waals surface area contributed by atoms with Gasteiger partial charge in [0.15, 0.2) is 0 Å². The van der Waals surface area contributed by atoms with Gasteiger partial charge < -0.3 is 5.32 Å². The van der Waals surface area contributed by atoms with Crippen LogP contribution >= 0.6 is 0 Å². The summed E-state index contributed by atoms with van der Waals surface area (Å²) in [5, 5.41) is 2.96. The summed E-state index contributed by atoms with van der Waals surface area (Å²) in [6.07, 6.45) is 5.99. The van der Waals surface area contributed by atoms with Crippen LogP contribution < -0.4 is 10.9 Å². The number of nitrogens with one attached hydrogen (secondary N) is 1. The molecule has 3 rings (SSSR count). The van der Waals surface area contributed by atoms with Gasteiger partial charge in [-0.05, 0) is 36.8 Å². The minimum absolute atomic E-state index is 0.100. The van der Waals surface area contributed by atoms with Crippen LogP contribution in [0.5, 0.6) is 0 Å². The van der Waals surface area contributed by atoms with E-state index in [1.54, 1.807) is 18.3 Å². The Morgan fingerprint density at radius 2 is 2.24 bits per heavy atom. The highest BCUT2D eigenvalue weighted by atomic mass is 16.2. The Kier molecular flexibility index (Phi) is 3.27. The fraction of sp³-hybridized carbons (Fsp3) is 0.438. The Balaban J connectivity index is 1.85. The molecule has 1 amide bonds. The first-order valence-corrected chi connectivity index (χ1v) is 7.24. The van der Waals surface area contributed by atoms with Crippen LogP contribution in [-0.4, -0.2) is 21.3 Å². The number of carbonyl (C=O) groups excluding carboxylic acids is 1. The van der Waals surface area contributed by atoms with Crippen molar-refractivity contribution in [3.05, 3.63) is 46.5 Å². The van der Waals surface area contributed by atoms with E-state index in [-0.39, 0.29) is 28.5 Å². The van der Waals surface area contributed by atoms with Crippen LogP contribution in [-0.2, 0) is 0 Å². The Morgan fingerprint density at radius 3 is 2.95 bits per heavy atom. The predicted octanol–water partition coefficient (Wildman–Crippen LogP) is 2.00. The molecule has 1 fully saturated rings. The number of aromatic nitrogens is 2. The largest absolute Gasteiger partial charge is 0.349 e. The van der Waals surface area contributed by atoms with Crippen LogP contribution in [0.2, 0.25) is 0 Å². The normalized spacial score (nSPS) is 20.6. The quantitative estimate of drug-likeness (QED) is 0.918. The van der Waals surface area contributed by atoms with E-state index in [1.165, 1.54) is 10.6 Å². The van der Waals surface area contributed by atoms with Crippen molar-refractivity contribution in [2.24, 2.45) is 5.41 Å². The number of amides is 1. The summed E-state index contributed by atoms with van der Waals surface area (Å²) in [5.74, 6) is -0.326. The predicted molar refractivity (Wildman–Crippen MR) is 80.3 cm³/mol. The molecule has 1 saturated carbocycles. The van der Waals surface area contributed by atoms with E-state index >= 15 is 0 Å². The summed E-state index contributed by atoms with van der Waals surface area (Å²) in [6.45, 7) is 4.40. The molecular weight excluding hydrogens is 266 g/mol. The summed E-state index contributed by atoms with van der Waals surface area (Å²) >= 11 is 0. The van der Waals surface area contributed by atoms with Gasteiger partial charge in [-0.3, -0.25) is 14.0 Å². The number of fused-ring (bicyclic) bond motifs is 1. The number of pyridine rings is 1. The zero-order chi connectivity index (χ0) is 15.0. The first kappa shape index (κ1) is 13.8. The van der Waals surface area contributed by atoms with Gasteiger partial charge in [0.2, 0.25) is 0 Å². The summed E-state index contributed by atoms with van der Waals surface area (Å²) in [4.78, 5) is 28.8. The third-order valence-electron chi connectivity index (χ3n) is 4.16. The fourth-order valence-corrected chi connectivity index (χ4v) is 3.00. The van der Waals surface area contributed by atoms with Crippen molar-refractivity contribution in [1.82, 2.24) is 14.7 Å². The second-order valence-electron chi connectivity index (χ2n) is 6.48. The van der Waals surface area contributed by atoms with Gasteiger partial charge in [-0.25, -0.2) is 4.98 Å². The molecule has 1 aliphatic carbocycles. The molecule has 110 valence electrons. The first-order chi connectivity index (χ1) is 9.96. The van der Waals surface area contributed by atoms with E-state index in [9.17, 15) is 9.59 Å². The molecule has 5 nitrogen and oxygen atoms in total. The number of nitrogens with zero attached hydrogens (tertiary/aromatic N) is 2. The molecule has 2 aromatic heterocycles. The zero-order valence-corrected chi connectivity index (χ0v) is 12.3. The zero-order valence-electron chi connectivity index (χ0n) is 12.3. The Morgan fingerprint density at radius 1 is 1.43 bits per heavy atom. The fourth-order valence-electron chi connectivity index (χ4n) is 3.00. The molecule has 0 aliphatic heterocycles. The van der Waals surface area contributed by atoms with Gasteiger partial charge in [0, 0.05) is 18.4 Å². The van der Waals surface area contributed by atoms with Crippen LogP contribution in [0.25, 0.3) is 5.65 Å². The smallest absolute Gasteiger partial charge is 0.270 e. The second-order valence-corrected chi connectivity index (χ2v) is 6.48. The summed E-state index contributed by atoms with van der Waals surface area (Å²) in [5.41, 5.74) is 0.578. The van der Waals surface area contributed by atoms with Gasteiger partial charge in [0.05, 0.1) is 0 Å². The number of carbonyl (C=O) groups is 1. The summed E-state index contributed by atoms with van der Waals surface area (Å²) in [7, 11) is 0. The maximum atomic E-state index is 12.3. The van der Waals surface area contributed by atoms with Gasteiger partial charge in [-0.15, -0.1) is 0 Å². The van der Waals surface area contributed by atoms with Crippen molar-refractivity contribution in [3.63, 3.8) is 0 Å². The van der Waals surface area contributed by atoms with Crippen molar-refractivity contribution in [3.8, 4) is 0 Å². The van der Waals surface area contributed by atoms with E-state index < -0.39 is 0 Å². The molecule has 2 aromatic rings. The maximum absolute atomic E-state index is 12.3. The Bertz CT molecular complexity index is 749. The minimum atomic E-state index is -0.326. The average Bonchev–Trinajstić information content (AvgIpc) is 2.78. The molecule has 0 bridgehead atoms. The average molecular weight is 285 g/mol. The van der Waals surface area contributed by atoms with E-state index in [4.69, 9.17) is 0 Å². The van der Waals surface area contributed by atoms with Crippen molar-refractivity contribution < 1.29 is 4.79 Å². The molecular formula is C16H19N3O2. The van der Waals surface area contributed by atoms with Crippen molar-refractivity contribution >= 4 is 11.6 Å². The number of hydrogen-bond acceptors (Lipinski definition) is 3. The standard InChI is InChI=1S/C16H19N3O2/c1-16(2)7-6-11(9-16)18-14(20)12-10-17-13-5-3-4-8-19(13)15(12)21/h3-5,8,10-11H,6-7,9H2,1-2H3,(H,18,20). The third kappa shape index (κ3) is 2.68. The number of rotatable bonds is 2. The van der Waals surface area contributed by atoms with Crippen molar-refractivity contribution in [2.75, 3.05) is 0 Å². The van der Waals surface area contributed by atoms with Gasteiger partial charge in [-0.1, -0.05) is 19.9 Å². The van der Waals surface area contributed by atoms with Gasteiger partial charge >= 0.3 is 0 Å².